The van der Waals surface area contributed by atoms with Gasteiger partial charge in [-0.25, -0.2) is 9.67 Å². The molecule has 1 aliphatic carbocycles. The van der Waals surface area contributed by atoms with Gasteiger partial charge < -0.3 is 4.74 Å². The van der Waals surface area contributed by atoms with Gasteiger partial charge in [-0.2, -0.15) is 5.10 Å². The van der Waals surface area contributed by atoms with E-state index >= 15 is 0 Å². The number of nitrogens with zero attached hydrogens (tertiary/aromatic N) is 3. The summed E-state index contributed by atoms with van der Waals surface area (Å²) >= 11 is 0. The highest BCUT2D eigenvalue weighted by Crippen LogP contribution is 2.40. The second-order valence-corrected chi connectivity index (χ2v) is 4.69. The molecule has 17 heavy (non-hydrogen) atoms. The lowest BCUT2D eigenvalue weighted by atomic mass is 9.82. The van der Waals surface area contributed by atoms with Gasteiger partial charge in [-0.05, 0) is 42.5 Å². The molecule has 0 spiro atoms. The average molecular weight is 227 g/mol. The van der Waals surface area contributed by atoms with Gasteiger partial charge in [0.2, 0.25) is 0 Å². The highest BCUT2D eigenvalue weighted by atomic mass is 16.6. The second kappa shape index (κ2) is 3.17. The fourth-order valence-electron chi connectivity index (χ4n) is 2.55. The van der Waals surface area contributed by atoms with Gasteiger partial charge in [0.25, 0.3) is 0 Å². The zero-order chi connectivity index (χ0) is 11.4. The molecule has 4 rings (SSSR count). The summed E-state index contributed by atoms with van der Waals surface area (Å²) in [5.74, 6) is 0.813. The summed E-state index contributed by atoms with van der Waals surface area (Å²) in [6, 6.07) is 4.32. The van der Waals surface area contributed by atoms with Crippen LogP contribution in [0.1, 0.15) is 28.6 Å². The maximum absolute atomic E-state index is 5.38. The lowest BCUT2D eigenvalue weighted by Gasteiger charge is -2.25. The predicted molar refractivity (Wildman–Crippen MR) is 62.2 cm³/mol. The van der Waals surface area contributed by atoms with Crippen molar-refractivity contribution in [3.8, 4) is 5.69 Å². The Morgan fingerprint density at radius 2 is 2.12 bits per heavy atom. The first kappa shape index (κ1) is 9.36. The summed E-state index contributed by atoms with van der Waals surface area (Å²) in [6.45, 7) is 2.80. The molecule has 0 N–H and O–H groups in total. The third-order valence-corrected chi connectivity index (χ3v) is 3.60. The number of fused-ring (bicyclic) bond motifs is 1. The number of aryl methyl sites for hydroxylation is 1. The Balaban J connectivity index is 1.85. The van der Waals surface area contributed by atoms with Crippen molar-refractivity contribution in [2.75, 3.05) is 6.61 Å². The normalized spacial score (nSPS) is 20.9. The largest absolute Gasteiger partial charge is 0.368 e. The van der Waals surface area contributed by atoms with Crippen molar-refractivity contribution in [3.63, 3.8) is 0 Å². The van der Waals surface area contributed by atoms with Gasteiger partial charge in [-0.1, -0.05) is 6.07 Å². The molecule has 1 saturated heterocycles. The van der Waals surface area contributed by atoms with Crippen molar-refractivity contribution in [1.82, 2.24) is 14.8 Å². The summed E-state index contributed by atoms with van der Waals surface area (Å²) in [5.41, 5.74) is 5.45. The molecule has 4 heteroatoms. The number of ether oxygens (including phenoxy) is 1. The van der Waals surface area contributed by atoms with Crippen LogP contribution in [0.5, 0.6) is 0 Å². The lowest BCUT2D eigenvalue weighted by molar-refractivity contribution is 0.413. The maximum Gasteiger partial charge on any atom is 0.147 e. The minimum atomic E-state index is 0.357. The van der Waals surface area contributed by atoms with Crippen LogP contribution >= 0.6 is 0 Å². The minimum Gasteiger partial charge on any atom is -0.368 e. The van der Waals surface area contributed by atoms with Crippen LogP contribution in [-0.4, -0.2) is 21.4 Å². The van der Waals surface area contributed by atoms with Gasteiger partial charge in [-0.15, -0.1) is 0 Å². The number of rotatable bonds is 2. The van der Waals surface area contributed by atoms with Crippen molar-refractivity contribution in [1.29, 1.82) is 0 Å². The van der Waals surface area contributed by atoms with E-state index in [1.807, 2.05) is 11.6 Å². The van der Waals surface area contributed by atoms with Crippen LogP contribution in [0.2, 0.25) is 0 Å². The topological polar surface area (TPSA) is 43.2 Å². The van der Waals surface area contributed by atoms with E-state index in [2.05, 4.69) is 22.2 Å². The summed E-state index contributed by atoms with van der Waals surface area (Å²) in [5, 5.41) is 4.38. The molecule has 4 nitrogen and oxygen atoms in total. The van der Waals surface area contributed by atoms with E-state index in [0.717, 1.165) is 18.9 Å². The van der Waals surface area contributed by atoms with E-state index in [1.165, 1.54) is 28.8 Å². The lowest BCUT2D eigenvalue weighted by Crippen LogP contribution is -2.16. The van der Waals surface area contributed by atoms with Gasteiger partial charge >= 0.3 is 0 Å². The first-order valence-electron chi connectivity index (χ1n) is 5.98. The molecule has 1 atom stereocenters. The van der Waals surface area contributed by atoms with Crippen molar-refractivity contribution >= 4 is 0 Å². The fourth-order valence-corrected chi connectivity index (χ4v) is 2.55. The van der Waals surface area contributed by atoms with Gasteiger partial charge in [-0.3, -0.25) is 0 Å². The van der Waals surface area contributed by atoms with Crippen molar-refractivity contribution < 1.29 is 4.74 Å². The first-order chi connectivity index (χ1) is 8.33. The molecule has 0 bridgehead atoms. The minimum absolute atomic E-state index is 0.357. The molecule has 1 aromatic carbocycles. The van der Waals surface area contributed by atoms with E-state index in [4.69, 9.17) is 4.74 Å². The molecule has 0 amide bonds. The average Bonchev–Trinajstić information content (AvgIpc) is 3.02. The number of hydrogen-bond donors (Lipinski definition) is 0. The van der Waals surface area contributed by atoms with Crippen LogP contribution in [-0.2, 0) is 17.6 Å². The van der Waals surface area contributed by atoms with E-state index in [-0.39, 0.29) is 0 Å². The Hall–Kier alpha value is -1.68. The van der Waals surface area contributed by atoms with Crippen LogP contribution in [0.3, 0.4) is 0 Å². The number of hydrogen-bond acceptors (Lipinski definition) is 3. The van der Waals surface area contributed by atoms with Crippen LogP contribution in [0, 0.1) is 6.92 Å². The smallest absolute Gasteiger partial charge is 0.147 e. The molecule has 1 unspecified atom stereocenters. The number of epoxide rings is 1. The highest BCUT2D eigenvalue weighted by Gasteiger charge is 2.32. The Kier molecular flexibility index (Phi) is 1.74. The quantitative estimate of drug-likeness (QED) is 0.734. The van der Waals surface area contributed by atoms with E-state index in [0.29, 0.717) is 6.10 Å². The zero-order valence-corrected chi connectivity index (χ0v) is 9.68. The van der Waals surface area contributed by atoms with Crippen LogP contribution < -0.4 is 0 Å². The number of benzene rings is 1. The van der Waals surface area contributed by atoms with Crippen molar-refractivity contribution in [3.05, 3.63) is 41.0 Å². The summed E-state index contributed by atoms with van der Waals surface area (Å²) in [4.78, 5) is 4.18. The molecule has 1 fully saturated rings. The summed E-state index contributed by atoms with van der Waals surface area (Å²) in [6.07, 6.45) is 4.46. The van der Waals surface area contributed by atoms with Gasteiger partial charge in [0.15, 0.2) is 0 Å². The van der Waals surface area contributed by atoms with E-state index in [9.17, 15) is 0 Å². The zero-order valence-electron chi connectivity index (χ0n) is 9.68. The van der Waals surface area contributed by atoms with Gasteiger partial charge in [0.1, 0.15) is 18.3 Å². The van der Waals surface area contributed by atoms with E-state index in [1.54, 1.807) is 6.33 Å². The Bertz CT molecular complexity index is 599. The molecule has 2 aliphatic rings. The van der Waals surface area contributed by atoms with Crippen LogP contribution in [0.15, 0.2) is 18.5 Å². The molecule has 1 aromatic heterocycles. The van der Waals surface area contributed by atoms with Gasteiger partial charge in [0, 0.05) is 0 Å². The molecular weight excluding hydrogens is 214 g/mol. The first-order valence-corrected chi connectivity index (χ1v) is 5.98. The molecule has 0 saturated carbocycles. The molecule has 86 valence electrons. The van der Waals surface area contributed by atoms with Crippen LogP contribution in [0.4, 0.5) is 0 Å². The summed E-state index contributed by atoms with van der Waals surface area (Å²) in [7, 11) is 0. The fraction of sp³-hybridized carbons (Fsp3) is 0.385. The monoisotopic (exact) mass is 227 g/mol. The molecule has 1 aliphatic heterocycles. The van der Waals surface area contributed by atoms with Crippen molar-refractivity contribution in [2.24, 2.45) is 0 Å². The maximum atomic E-state index is 5.38. The Labute approximate surface area is 99.2 Å². The second-order valence-electron chi connectivity index (χ2n) is 4.69. The molecule has 2 heterocycles. The third kappa shape index (κ3) is 1.34. The third-order valence-electron chi connectivity index (χ3n) is 3.60. The predicted octanol–water partition coefficient (Wildman–Crippen LogP) is 1.75. The highest BCUT2D eigenvalue weighted by molar-refractivity contribution is 5.55. The SMILES string of the molecule is Cc1ncn(-c2ccc(C3CO3)c3c2CC3)n1. The number of aromatic nitrogens is 3. The molecular formula is C13H13N3O. The summed E-state index contributed by atoms with van der Waals surface area (Å²) < 4.78 is 7.26. The Morgan fingerprint density at radius 3 is 2.71 bits per heavy atom. The van der Waals surface area contributed by atoms with E-state index < -0.39 is 0 Å². The molecule has 2 aromatic rings. The standard InChI is InChI=1S/C13H13N3O/c1-8-14-7-16(15-8)12-5-4-11(13-6-17-13)9-2-3-10(9)12/h4-5,7,13H,2-3,6H2,1H3. The molecule has 0 radical (unpaired) electrons. The van der Waals surface area contributed by atoms with Crippen LogP contribution in [0.25, 0.3) is 5.69 Å². The Morgan fingerprint density at radius 1 is 1.29 bits per heavy atom. The van der Waals surface area contributed by atoms with Crippen molar-refractivity contribution in [2.45, 2.75) is 25.9 Å². The van der Waals surface area contributed by atoms with Gasteiger partial charge in [0.05, 0.1) is 12.3 Å².